The number of carbonyl (C=O) groups is 2. The molecule has 7 nitrogen and oxygen atoms in total. The van der Waals surface area contributed by atoms with Crippen molar-refractivity contribution in [1.82, 2.24) is 15.0 Å². The Kier molecular flexibility index (Phi) is 4.92. The first-order chi connectivity index (χ1) is 13.2. The molecule has 1 saturated carbocycles. The van der Waals surface area contributed by atoms with Gasteiger partial charge in [-0.3, -0.25) is 14.5 Å². The molecule has 0 bridgehead atoms. The topological polar surface area (TPSA) is 85.5 Å². The van der Waals surface area contributed by atoms with Gasteiger partial charge in [-0.05, 0) is 43.5 Å². The molecule has 142 valence electrons. The minimum atomic E-state index is -0.0867. The van der Waals surface area contributed by atoms with Crippen LogP contribution in [0.2, 0.25) is 0 Å². The second-order valence-electron chi connectivity index (χ2n) is 7.17. The second-order valence-corrected chi connectivity index (χ2v) is 7.17. The van der Waals surface area contributed by atoms with Gasteiger partial charge in [0.15, 0.2) is 0 Å². The molecule has 0 N–H and O–H groups in total. The van der Waals surface area contributed by atoms with Gasteiger partial charge in [-0.25, -0.2) is 0 Å². The number of ether oxygens (including phenoxy) is 1. The Morgan fingerprint density at radius 2 is 1.78 bits per heavy atom. The lowest BCUT2D eigenvalue weighted by Gasteiger charge is -2.19. The number of rotatable bonds is 6. The van der Waals surface area contributed by atoms with Crippen LogP contribution in [0, 0.1) is 11.8 Å². The van der Waals surface area contributed by atoms with E-state index in [2.05, 4.69) is 10.1 Å². The highest BCUT2D eigenvalue weighted by Gasteiger charge is 2.47. The first-order valence-electron chi connectivity index (χ1n) is 9.49. The van der Waals surface area contributed by atoms with Gasteiger partial charge in [0.05, 0.1) is 18.9 Å². The number of aryl methyl sites for hydroxylation is 1. The molecule has 1 aliphatic heterocycles. The van der Waals surface area contributed by atoms with Crippen molar-refractivity contribution >= 4 is 11.8 Å². The van der Waals surface area contributed by atoms with Crippen LogP contribution in [0.1, 0.15) is 38.0 Å². The molecule has 2 heterocycles. The summed E-state index contributed by atoms with van der Waals surface area (Å²) >= 11 is 0. The molecule has 27 heavy (non-hydrogen) atoms. The summed E-state index contributed by atoms with van der Waals surface area (Å²) in [6.45, 7) is 0.422. The normalized spacial score (nSPS) is 22.2. The van der Waals surface area contributed by atoms with Crippen molar-refractivity contribution in [3.8, 4) is 17.1 Å². The van der Waals surface area contributed by atoms with E-state index in [1.807, 2.05) is 24.3 Å². The maximum absolute atomic E-state index is 12.5. The van der Waals surface area contributed by atoms with Crippen molar-refractivity contribution in [2.75, 3.05) is 13.7 Å². The van der Waals surface area contributed by atoms with Gasteiger partial charge in [-0.2, -0.15) is 4.98 Å². The lowest BCUT2D eigenvalue weighted by molar-refractivity contribution is -0.139. The Morgan fingerprint density at radius 3 is 2.41 bits per heavy atom. The fourth-order valence-corrected chi connectivity index (χ4v) is 4.05. The summed E-state index contributed by atoms with van der Waals surface area (Å²) < 4.78 is 10.4. The summed E-state index contributed by atoms with van der Waals surface area (Å²) in [6, 6.07) is 7.43. The van der Waals surface area contributed by atoms with Crippen molar-refractivity contribution in [1.29, 1.82) is 0 Å². The Morgan fingerprint density at radius 1 is 1.11 bits per heavy atom. The van der Waals surface area contributed by atoms with Crippen molar-refractivity contribution in [2.24, 2.45) is 11.8 Å². The van der Waals surface area contributed by atoms with Gasteiger partial charge >= 0.3 is 0 Å². The van der Waals surface area contributed by atoms with Gasteiger partial charge in [0.1, 0.15) is 5.75 Å². The zero-order chi connectivity index (χ0) is 18.8. The van der Waals surface area contributed by atoms with Crippen LogP contribution < -0.4 is 4.74 Å². The average molecular weight is 369 g/mol. The standard InChI is InChI=1S/C20H23N3O4/c1-26-14-10-8-13(9-11-14)18-21-17(27-22-18)7-4-12-23-19(24)15-5-2-3-6-16(15)20(23)25/h8-11,15-16H,2-7,12H2,1H3/t15-,16+. The van der Waals surface area contributed by atoms with E-state index >= 15 is 0 Å². The van der Waals surface area contributed by atoms with E-state index in [-0.39, 0.29) is 23.7 Å². The Balaban J connectivity index is 1.34. The third-order valence-electron chi connectivity index (χ3n) is 5.52. The van der Waals surface area contributed by atoms with E-state index < -0.39 is 0 Å². The lowest BCUT2D eigenvalue weighted by Crippen LogP contribution is -2.32. The quantitative estimate of drug-likeness (QED) is 0.728. The highest BCUT2D eigenvalue weighted by atomic mass is 16.5. The Bertz CT molecular complexity index is 806. The van der Waals surface area contributed by atoms with Crippen LogP contribution in [0.25, 0.3) is 11.4 Å². The SMILES string of the molecule is COc1ccc(-c2noc(CCCN3C(=O)[C@H]4CCCC[C@H]4C3=O)n2)cc1. The molecule has 1 saturated heterocycles. The van der Waals surface area contributed by atoms with Gasteiger partial charge in [0.25, 0.3) is 0 Å². The van der Waals surface area contributed by atoms with E-state index in [0.717, 1.165) is 37.0 Å². The zero-order valence-electron chi connectivity index (χ0n) is 15.4. The molecule has 2 aromatic rings. The summed E-state index contributed by atoms with van der Waals surface area (Å²) in [6.07, 6.45) is 4.95. The molecule has 2 fully saturated rings. The van der Waals surface area contributed by atoms with Crippen LogP contribution >= 0.6 is 0 Å². The third-order valence-corrected chi connectivity index (χ3v) is 5.52. The van der Waals surface area contributed by atoms with Crippen LogP contribution in [0.15, 0.2) is 28.8 Å². The molecule has 1 aromatic carbocycles. The number of fused-ring (bicyclic) bond motifs is 1. The fourth-order valence-electron chi connectivity index (χ4n) is 4.05. The molecule has 1 aromatic heterocycles. The molecule has 4 rings (SSSR count). The molecule has 2 atom stereocenters. The number of likely N-dealkylation sites (tertiary alicyclic amines) is 1. The number of hydrogen-bond acceptors (Lipinski definition) is 6. The predicted octanol–water partition coefficient (Wildman–Crippen LogP) is 2.85. The highest BCUT2D eigenvalue weighted by Crippen LogP contribution is 2.38. The number of methoxy groups -OCH3 is 1. The molecule has 7 heteroatoms. The summed E-state index contributed by atoms with van der Waals surface area (Å²) in [4.78, 5) is 30.8. The molecular formula is C20H23N3O4. The number of nitrogens with zero attached hydrogens (tertiary/aromatic N) is 3. The van der Waals surface area contributed by atoms with E-state index in [1.165, 1.54) is 4.90 Å². The molecule has 0 radical (unpaired) electrons. The number of hydrogen-bond donors (Lipinski definition) is 0. The lowest BCUT2D eigenvalue weighted by atomic mass is 9.81. The van der Waals surface area contributed by atoms with Gasteiger partial charge in [0.2, 0.25) is 23.5 Å². The van der Waals surface area contributed by atoms with Gasteiger partial charge in [0, 0.05) is 18.5 Å². The number of amides is 2. The van der Waals surface area contributed by atoms with Crippen LogP contribution in [-0.2, 0) is 16.0 Å². The smallest absolute Gasteiger partial charge is 0.233 e. The van der Waals surface area contributed by atoms with Crippen LogP contribution in [-0.4, -0.2) is 40.5 Å². The maximum Gasteiger partial charge on any atom is 0.233 e. The second kappa shape index (κ2) is 7.50. The number of carbonyl (C=O) groups excluding carboxylic acids is 2. The van der Waals surface area contributed by atoms with Crippen LogP contribution in [0.3, 0.4) is 0 Å². The average Bonchev–Trinajstić information content (AvgIpc) is 3.27. The van der Waals surface area contributed by atoms with Crippen molar-refractivity contribution in [3.63, 3.8) is 0 Å². The van der Waals surface area contributed by atoms with E-state index in [0.29, 0.717) is 31.1 Å². The highest BCUT2D eigenvalue weighted by molar-refractivity contribution is 6.05. The molecule has 1 aliphatic carbocycles. The first kappa shape index (κ1) is 17.7. The minimum Gasteiger partial charge on any atom is -0.497 e. The fraction of sp³-hybridized carbons (Fsp3) is 0.500. The maximum atomic E-state index is 12.5. The van der Waals surface area contributed by atoms with Crippen molar-refractivity contribution < 1.29 is 18.8 Å². The number of aromatic nitrogens is 2. The molecule has 0 unspecified atom stereocenters. The summed E-state index contributed by atoms with van der Waals surface area (Å²) in [5.41, 5.74) is 0.847. The predicted molar refractivity (Wildman–Crippen MR) is 96.8 cm³/mol. The molecule has 0 spiro atoms. The van der Waals surface area contributed by atoms with Crippen LogP contribution in [0.5, 0.6) is 5.75 Å². The summed E-state index contributed by atoms with van der Waals surface area (Å²) in [5, 5.41) is 4.01. The van der Waals surface area contributed by atoms with E-state index in [4.69, 9.17) is 9.26 Å². The van der Waals surface area contributed by atoms with Gasteiger partial charge in [-0.1, -0.05) is 18.0 Å². The molecule has 2 aliphatic rings. The minimum absolute atomic E-state index is 0.00847. The Labute approximate surface area is 157 Å². The Hall–Kier alpha value is -2.70. The monoisotopic (exact) mass is 369 g/mol. The number of benzene rings is 1. The molecule has 2 amide bonds. The van der Waals surface area contributed by atoms with Gasteiger partial charge < -0.3 is 9.26 Å². The molecular weight excluding hydrogens is 346 g/mol. The zero-order valence-corrected chi connectivity index (χ0v) is 15.4. The van der Waals surface area contributed by atoms with Crippen molar-refractivity contribution in [2.45, 2.75) is 38.5 Å². The first-order valence-corrected chi connectivity index (χ1v) is 9.49. The summed E-state index contributed by atoms with van der Waals surface area (Å²) in [7, 11) is 1.62. The van der Waals surface area contributed by atoms with Crippen molar-refractivity contribution in [3.05, 3.63) is 30.2 Å². The van der Waals surface area contributed by atoms with Gasteiger partial charge in [-0.15, -0.1) is 0 Å². The van der Waals surface area contributed by atoms with E-state index in [1.54, 1.807) is 7.11 Å². The largest absolute Gasteiger partial charge is 0.497 e. The number of imide groups is 1. The van der Waals surface area contributed by atoms with Crippen LogP contribution in [0.4, 0.5) is 0 Å². The van der Waals surface area contributed by atoms with E-state index in [9.17, 15) is 9.59 Å². The summed E-state index contributed by atoms with van der Waals surface area (Å²) in [5.74, 6) is 1.64. The third kappa shape index (κ3) is 3.46.